The predicted molar refractivity (Wildman–Crippen MR) is 122 cm³/mol. The fourth-order valence-corrected chi connectivity index (χ4v) is 4.85. The van der Waals surface area contributed by atoms with Gasteiger partial charge in [-0.15, -0.1) is 0 Å². The van der Waals surface area contributed by atoms with Crippen LogP contribution in [0.2, 0.25) is 0 Å². The Kier molecular flexibility index (Phi) is 9.55. The number of unbranched alkanes of at least 4 members (excludes halogenated alkanes) is 3. The second kappa shape index (κ2) is 11.6. The van der Waals surface area contributed by atoms with E-state index in [9.17, 15) is 15.3 Å². The maximum absolute atomic E-state index is 10.9. The average Bonchev–Trinajstić information content (AvgIpc) is 2.70. The molecule has 0 spiro atoms. The van der Waals surface area contributed by atoms with E-state index in [2.05, 4.69) is 27.7 Å². The lowest BCUT2D eigenvalue weighted by Crippen LogP contribution is -2.13. The van der Waals surface area contributed by atoms with E-state index in [1.54, 1.807) is 0 Å². The van der Waals surface area contributed by atoms with Crippen molar-refractivity contribution in [3.05, 3.63) is 28.8 Å². The van der Waals surface area contributed by atoms with Crippen LogP contribution in [0.1, 0.15) is 109 Å². The van der Waals surface area contributed by atoms with Gasteiger partial charge in [0.1, 0.15) is 11.5 Å². The van der Waals surface area contributed by atoms with Crippen LogP contribution in [0.4, 0.5) is 0 Å². The molecule has 3 nitrogen and oxygen atoms in total. The largest absolute Gasteiger partial charge is 0.507 e. The minimum absolute atomic E-state index is 0.00000656. The second-order valence-corrected chi connectivity index (χ2v) is 9.19. The van der Waals surface area contributed by atoms with Gasteiger partial charge < -0.3 is 15.3 Å². The number of phenols is 2. The molecule has 164 valence electrons. The molecule has 3 heteroatoms. The summed E-state index contributed by atoms with van der Waals surface area (Å²) in [7, 11) is 0. The number of aliphatic hydroxyl groups is 1. The highest BCUT2D eigenvalue weighted by Gasteiger charge is 2.26. The molecule has 0 amide bonds. The molecule has 3 atom stereocenters. The van der Waals surface area contributed by atoms with Crippen LogP contribution in [0.15, 0.2) is 17.7 Å². The summed E-state index contributed by atoms with van der Waals surface area (Å²) in [6, 6.07) is 3.68. The zero-order chi connectivity index (χ0) is 21.4. The zero-order valence-corrected chi connectivity index (χ0v) is 19.0. The summed E-state index contributed by atoms with van der Waals surface area (Å²) >= 11 is 0. The minimum Gasteiger partial charge on any atom is -0.507 e. The van der Waals surface area contributed by atoms with Crippen molar-refractivity contribution in [3.8, 4) is 11.5 Å². The van der Waals surface area contributed by atoms with Crippen molar-refractivity contribution in [1.29, 1.82) is 0 Å². The van der Waals surface area contributed by atoms with Gasteiger partial charge in [0, 0.05) is 0 Å². The summed E-state index contributed by atoms with van der Waals surface area (Å²) in [5.41, 5.74) is 3.47. The zero-order valence-electron chi connectivity index (χ0n) is 19.0. The fourth-order valence-electron chi connectivity index (χ4n) is 4.85. The summed E-state index contributed by atoms with van der Waals surface area (Å²) in [5, 5.41) is 31.5. The number of phenolic OH excluding ortho intramolecular Hbond substituents is 2. The Morgan fingerprint density at radius 3 is 2.28 bits per heavy atom. The smallest absolute Gasteiger partial charge is 0.127 e. The van der Waals surface area contributed by atoms with Gasteiger partial charge in [-0.2, -0.15) is 0 Å². The lowest BCUT2D eigenvalue weighted by molar-refractivity contribution is 0.315. The third-order valence-corrected chi connectivity index (χ3v) is 6.97. The first-order valence-electron chi connectivity index (χ1n) is 11.8. The third kappa shape index (κ3) is 6.25. The molecule has 3 N–H and O–H groups in total. The van der Waals surface area contributed by atoms with Crippen molar-refractivity contribution < 1.29 is 15.3 Å². The Bertz CT molecular complexity index is 654. The van der Waals surface area contributed by atoms with Crippen molar-refractivity contribution in [1.82, 2.24) is 0 Å². The van der Waals surface area contributed by atoms with Crippen LogP contribution in [-0.4, -0.2) is 21.9 Å². The Morgan fingerprint density at radius 1 is 1.00 bits per heavy atom. The highest BCUT2D eigenvalue weighted by molar-refractivity contribution is 5.78. The van der Waals surface area contributed by atoms with E-state index in [0.717, 1.165) is 48.8 Å². The van der Waals surface area contributed by atoms with Crippen LogP contribution in [0.25, 0.3) is 5.57 Å². The number of hydrogen-bond acceptors (Lipinski definition) is 3. The standard InChI is InChI=1S/C26H42O3/c1-5-7-8-9-11-18(3)19(4)22-15-24(28)26(25(29)16-22)23-14-20(10-6-2)12-13-21(23)17-27/h15-16,18-20,27-29H,5-14,17H2,1-4H3. The molecule has 1 aliphatic rings. The van der Waals surface area contributed by atoms with Gasteiger partial charge in [0.15, 0.2) is 0 Å². The summed E-state index contributed by atoms with van der Waals surface area (Å²) < 4.78 is 0. The van der Waals surface area contributed by atoms with Gasteiger partial charge in [-0.05, 0) is 65.9 Å². The van der Waals surface area contributed by atoms with Crippen LogP contribution in [-0.2, 0) is 0 Å². The molecule has 3 unspecified atom stereocenters. The van der Waals surface area contributed by atoms with Crippen molar-refractivity contribution in [2.45, 2.75) is 97.8 Å². The van der Waals surface area contributed by atoms with Crippen molar-refractivity contribution in [3.63, 3.8) is 0 Å². The minimum atomic E-state index is 0.00000656. The maximum atomic E-state index is 10.9. The molecule has 1 aromatic carbocycles. The topological polar surface area (TPSA) is 60.7 Å². The summed E-state index contributed by atoms with van der Waals surface area (Å²) in [5.74, 6) is 1.66. The van der Waals surface area contributed by atoms with E-state index in [1.807, 2.05) is 12.1 Å². The lowest BCUT2D eigenvalue weighted by Gasteiger charge is -2.28. The number of allylic oxidation sites excluding steroid dienone is 1. The van der Waals surface area contributed by atoms with Gasteiger partial charge in [0.2, 0.25) is 0 Å². The molecule has 29 heavy (non-hydrogen) atoms. The van der Waals surface area contributed by atoms with E-state index in [0.29, 0.717) is 17.4 Å². The van der Waals surface area contributed by atoms with Crippen LogP contribution in [0.5, 0.6) is 11.5 Å². The maximum Gasteiger partial charge on any atom is 0.127 e. The van der Waals surface area contributed by atoms with Crippen LogP contribution in [0.3, 0.4) is 0 Å². The van der Waals surface area contributed by atoms with Gasteiger partial charge in [-0.25, -0.2) is 0 Å². The summed E-state index contributed by atoms with van der Waals surface area (Å²) in [6.45, 7) is 8.88. The molecule has 1 aromatic rings. The molecule has 0 saturated heterocycles. The van der Waals surface area contributed by atoms with Gasteiger partial charge in [-0.1, -0.05) is 72.6 Å². The number of hydrogen-bond donors (Lipinski definition) is 3. The molecule has 2 rings (SSSR count). The molecule has 0 saturated carbocycles. The van der Waals surface area contributed by atoms with Crippen molar-refractivity contribution >= 4 is 5.57 Å². The first kappa shape index (κ1) is 23.8. The average molecular weight is 403 g/mol. The molecule has 0 bridgehead atoms. The van der Waals surface area contributed by atoms with E-state index in [-0.39, 0.29) is 24.0 Å². The van der Waals surface area contributed by atoms with Crippen LogP contribution < -0.4 is 0 Å². The Hall–Kier alpha value is -1.48. The Morgan fingerprint density at radius 2 is 1.69 bits per heavy atom. The molecular weight excluding hydrogens is 360 g/mol. The van der Waals surface area contributed by atoms with E-state index in [1.165, 1.54) is 32.1 Å². The third-order valence-electron chi connectivity index (χ3n) is 6.97. The molecule has 0 aliphatic heterocycles. The second-order valence-electron chi connectivity index (χ2n) is 9.19. The molecular formula is C26H42O3. The summed E-state index contributed by atoms with van der Waals surface area (Å²) in [4.78, 5) is 0. The lowest BCUT2D eigenvalue weighted by atomic mass is 9.78. The number of rotatable bonds is 11. The molecule has 0 radical (unpaired) electrons. The highest BCUT2D eigenvalue weighted by Crippen LogP contribution is 2.45. The Balaban J connectivity index is 2.23. The van der Waals surface area contributed by atoms with Crippen LogP contribution >= 0.6 is 0 Å². The highest BCUT2D eigenvalue weighted by atomic mass is 16.3. The molecule has 0 aromatic heterocycles. The van der Waals surface area contributed by atoms with Gasteiger partial charge >= 0.3 is 0 Å². The first-order chi connectivity index (χ1) is 13.9. The number of aliphatic hydroxyl groups excluding tert-OH is 1. The normalized spacial score (nSPS) is 19.4. The van der Waals surface area contributed by atoms with Gasteiger partial charge in [-0.3, -0.25) is 0 Å². The number of aromatic hydroxyl groups is 2. The Labute approximate surface area is 177 Å². The predicted octanol–water partition coefficient (Wildman–Crippen LogP) is 7.15. The van der Waals surface area contributed by atoms with E-state index < -0.39 is 0 Å². The fraction of sp³-hybridized carbons (Fsp3) is 0.692. The van der Waals surface area contributed by atoms with E-state index >= 15 is 0 Å². The monoisotopic (exact) mass is 402 g/mol. The first-order valence-corrected chi connectivity index (χ1v) is 11.8. The number of benzene rings is 1. The summed E-state index contributed by atoms with van der Waals surface area (Å²) in [6.07, 6.45) is 11.3. The molecule has 0 fully saturated rings. The van der Waals surface area contributed by atoms with Gasteiger partial charge in [0.25, 0.3) is 0 Å². The van der Waals surface area contributed by atoms with Gasteiger partial charge in [0.05, 0.1) is 12.2 Å². The van der Waals surface area contributed by atoms with Crippen LogP contribution in [0, 0.1) is 11.8 Å². The molecule has 0 heterocycles. The SMILES string of the molecule is CCCCCCC(C)C(C)c1cc(O)c(C2=C(CO)CCC(CCC)C2)c(O)c1. The van der Waals surface area contributed by atoms with E-state index in [4.69, 9.17) is 0 Å². The van der Waals surface area contributed by atoms with Crippen molar-refractivity contribution in [2.24, 2.45) is 11.8 Å². The van der Waals surface area contributed by atoms with Crippen molar-refractivity contribution in [2.75, 3.05) is 6.61 Å². The quantitative estimate of drug-likeness (QED) is 0.344. The molecule has 1 aliphatic carbocycles.